The minimum Gasteiger partial charge on any atom is -0.466 e. The maximum atomic E-state index is 11.8. The predicted molar refractivity (Wildman–Crippen MR) is 84.6 cm³/mol. The molecule has 1 aliphatic heterocycles. The van der Waals surface area contributed by atoms with Gasteiger partial charge in [0.05, 0.1) is 25.8 Å². The summed E-state index contributed by atoms with van der Waals surface area (Å²) in [6.07, 6.45) is 8.38. The Labute approximate surface area is 140 Å². The molecule has 0 bridgehead atoms. The summed E-state index contributed by atoms with van der Waals surface area (Å²) in [5.74, 6) is 0.795. The Morgan fingerprint density at radius 1 is 1.42 bits per heavy atom. The second-order valence-corrected chi connectivity index (χ2v) is 5.73. The summed E-state index contributed by atoms with van der Waals surface area (Å²) < 4.78 is 10.4. The first-order chi connectivity index (χ1) is 11.8. The van der Waals surface area contributed by atoms with Crippen molar-refractivity contribution in [1.29, 1.82) is 0 Å². The lowest BCUT2D eigenvalue weighted by molar-refractivity contribution is -0.145. The Bertz CT molecular complexity index is 661. The summed E-state index contributed by atoms with van der Waals surface area (Å²) in [6.45, 7) is 3.67. The van der Waals surface area contributed by atoms with Crippen LogP contribution in [-0.2, 0) is 16.1 Å². The first-order valence-corrected chi connectivity index (χ1v) is 8.25. The van der Waals surface area contributed by atoms with Gasteiger partial charge >= 0.3 is 5.97 Å². The zero-order valence-electron chi connectivity index (χ0n) is 13.7. The highest BCUT2D eigenvalue weighted by Gasteiger charge is 2.27. The lowest BCUT2D eigenvalue weighted by Gasteiger charge is -2.34. The van der Waals surface area contributed by atoms with Crippen LogP contribution in [0.25, 0.3) is 11.5 Å². The molecule has 0 N–H and O–H groups in total. The highest BCUT2D eigenvalue weighted by molar-refractivity contribution is 5.70. The van der Waals surface area contributed by atoms with E-state index in [0.29, 0.717) is 37.0 Å². The van der Waals surface area contributed by atoms with Crippen molar-refractivity contribution in [2.24, 2.45) is 0 Å². The molecule has 3 rings (SSSR count). The number of piperidine rings is 1. The van der Waals surface area contributed by atoms with Gasteiger partial charge in [-0.25, -0.2) is 4.98 Å². The van der Waals surface area contributed by atoms with Crippen molar-refractivity contribution in [2.75, 3.05) is 13.2 Å². The number of hydrogen-bond acceptors (Lipinski definition) is 8. The van der Waals surface area contributed by atoms with Gasteiger partial charge in [0.25, 0.3) is 0 Å². The predicted octanol–water partition coefficient (Wildman–Crippen LogP) is 1.83. The van der Waals surface area contributed by atoms with Crippen LogP contribution in [-0.4, -0.2) is 50.2 Å². The van der Waals surface area contributed by atoms with Crippen molar-refractivity contribution in [2.45, 2.75) is 45.2 Å². The molecule has 3 heterocycles. The molecule has 0 radical (unpaired) electrons. The molecule has 1 saturated heterocycles. The summed E-state index contributed by atoms with van der Waals surface area (Å²) in [7, 11) is 0. The number of ether oxygens (including phenoxy) is 1. The minimum atomic E-state index is -0.153. The maximum Gasteiger partial charge on any atom is 0.307 e. The number of carbonyl (C=O) groups is 1. The fraction of sp³-hybridized carbons (Fsp3) is 0.562. The number of likely N-dealkylation sites (tertiary alicyclic amines) is 1. The molecular formula is C16H21N5O3. The van der Waals surface area contributed by atoms with Gasteiger partial charge in [-0.3, -0.25) is 14.7 Å². The summed E-state index contributed by atoms with van der Waals surface area (Å²) >= 11 is 0. The zero-order valence-corrected chi connectivity index (χ0v) is 13.7. The molecule has 2 aromatic heterocycles. The number of rotatable bonds is 6. The zero-order chi connectivity index (χ0) is 16.8. The third-order valence-corrected chi connectivity index (χ3v) is 4.06. The van der Waals surface area contributed by atoms with Crippen LogP contribution in [0, 0.1) is 0 Å². The van der Waals surface area contributed by atoms with Gasteiger partial charge in [0.2, 0.25) is 11.7 Å². The fourth-order valence-corrected chi connectivity index (χ4v) is 2.92. The molecule has 1 atom stereocenters. The molecule has 8 nitrogen and oxygen atoms in total. The third kappa shape index (κ3) is 4.14. The molecule has 0 spiro atoms. The summed E-state index contributed by atoms with van der Waals surface area (Å²) in [6, 6.07) is 0.157. The van der Waals surface area contributed by atoms with Crippen LogP contribution in [0.5, 0.6) is 0 Å². The Morgan fingerprint density at radius 3 is 3.12 bits per heavy atom. The second kappa shape index (κ2) is 7.96. The fourth-order valence-electron chi connectivity index (χ4n) is 2.92. The van der Waals surface area contributed by atoms with E-state index in [-0.39, 0.29) is 12.0 Å². The van der Waals surface area contributed by atoms with E-state index in [9.17, 15) is 4.79 Å². The van der Waals surface area contributed by atoms with Gasteiger partial charge in [0, 0.05) is 18.4 Å². The topological polar surface area (TPSA) is 94.2 Å². The van der Waals surface area contributed by atoms with Gasteiger partial charge in [-0.1, -0.05) is 11.6 Å². The van der Waals surface area contributed by atoms with E-state index < -0.39 is 0 Å². The Kier molecular flexibility index (Phi) is 5.47. The van der Waals surface area contributed by atoms with E-state index in [1.165, 1.54) is 0 Å². The Balaban J connectivity index is 1.65. The molecule has 8 heteroatoms. The average Bonchev–Trinajstić information content (AvgIpc) is 3.06. The van der Waals surface area contributed by atoms with Crippen molar-refractivity contribution in [1.82, 2.24) is 25.0 Å². The summed E-state index contributed by atoms with van der Waals surface area (Å²) in [5.41, 5.74) is 0.578. The SMILES string of the molecule is CCOC(=O)C[C@@H]1CCCCN1Cc1nc(-c2cnccn2)no1. The normalized spacial score (nSPS) is 18.5. The van der Waals surface area contributed by atoms with Gasteiger partial charge in [0.1, 0.15) is 5.69 Å². The summed E-state index contributed by atoms with van der Waals surface area (Å²) in [4.78, 5) is 26.5. The molecule has 2 aromatic rings. The quantitative estimate of drug-likeness (QED) is 0.740. The standard InChI is InChI=1S/C16H21N5O3/c1-2-23-15(22)9-12-5-3-4-8-21(12)11-14-19-16(20-24-14)13-10-17-6-7-18-13/h6-7,10,12H,2-5,8-9,11H2,1H3/t12-/m0/s1. The van der Waals surface area contributed by atoms with E-state index in [2.05, 4.69) is 25.0 Å². The highest BCUT2D eigenvalue weighted by atomic mass is 16.5. The molecule has 1 fully saturated rings. The number of carbonyl (C=O) groups excluding carboxylic acids is 1. The van der Waals surface area contributed by atoms with Gasteiger partial charge in [-0.15, -0.1) is 0 Å². The van der Waals surface area contributed by atoms with Crippen molar-refractivity contribution in [3.05, 3.63) is 24.5 Å². The molecule has 0 aromatic carbocycles. The molecule has 1 aliphatic rings. The molecule has 0 aliphatic carbocycles. The summed E-state index contributed by atoms with van der Waals surface area (Å²) in [5, 5.41) is 3.96. The monoisotopic (exact) mass is 331 g/mol. The van der Waals surface area contributed by atoms with E-state index in [1.54, 1.807) is 18.6 Å². The van der Waals surface area contributed by atoms with Gasteiger partial charge in [0.15, 0.2) is 0 Å². The largest absolute Gasteiger partial charge is 0.466 e. The lowest BCUT2D eigenvalue weighted by atomic mass is 9.99. The van der Waals surface area contributed by atoms with Gasteiger partial charge in [-0.05, 0) is 26.3 Å². The third-order valence-electron chi connectivity index (χ3n) is 4.06. The minimum absolute atomic E-state index is 0.153. The Hall–Kier alpha value is -2.35. The first kappa shape index (κ1) is 16.5. The van der Waals surface area contributed by atoms with Crippen molar-refractivity contribution >= 4 is 5.97 Å². The van der Waals surface area contributed by atoms with Crippen LogP contribution in [0.4, 0.5) is 0 Å². The van der Waals surface area contributed by atoms with E-state index in [0.717, 1.165) is 25.8 Å². The van der Waals surface area contributed by atoms with Crippen LogP contribution < -0.4 is 0 Å². The van der Waals surface area contributed by atoms with Crippen molar-refractivity contribution in [3.63, 3.8) is 0 Å². The number of hydrogen-bond donors (Lipinski definition) is 0. The number of nitrogens with zero attached hydrogens (tertiary/aromatic N) is 5. The van der Waals surface area contributed by atoms with Crippen LogP contribution >= 0.6 is 0 Å². The molecule has 24 heavy (non-hydrogen) atoms. The van der Waals surface area contributed by atoms with Crippen LogP contribution in [0.3, 0.4) is 0 Å². The number of aromatic nitrogens is 4. The van der Waals surface area contributed by atoms with E-state index >= 15 is 0 Å². The molecule has 0 amide bonds. The first-order valence-electron chi connectivity index (χ1n) is 8.25. The van der Waals surface area contributed by atoms with Crippen LogP contribution in [0.2, 0.25) is 0 Å². The Morgan fingerprint density at radius 2 is 2.33 bits per heavy atom. The molecular weight excluding hydrogens is 310 g/mol. The second-order valence-electron chi connectivity index (χ2n) is 5.73. The average molecular weight is 331 g/mol. The molecule has 128 valence electrons. The van der Waals surface area contributed by atoms with Gasteiger partial charge < -0.3 is 9.26 Å². The maximum absolute atomic E-state index is 11.8. The van der Waals surface area contributed by atoms with Crippen molar-refractivity contribution < 1.29 is 14.1 Å². The van der Waals surface area contributed by atoms with Crippen molar-refractivity contribution in [3.8, 4) is 11.5 Å². The highest BCUT2D eigenvalue weighted by Crippen LogP contribution is 2.22. The van der Waals surface area contributed by atoms with Crippen LogP contribution in [0.1, 0.15) is 38.5 Å². The lowest BCUT2D eigenvalue weighted by Crippen LogP contribution is -2.40. The molecule has 0 saturated carbocycles. The number of esters is 1. The van der Waals surface area contributed by atoms with E-state index in [4.69, 9.17) is 9.26 Å². The molecule has 0 unspecified atom stereocenters. The van der Waals surface area contributed by atoms with Gasteiger partial charge in [-0.2, -0.15) is 4.98 Å². The van der Waals surface area contributed by atoms with Crippen LogP contribution in [0.15, 0.2) is 23.1 Å². The smallest absolute Gasteiger partial charge is 0.307 e. The van der Waals surface area contributed by atoms with E-state index in [1.807, 2.05) is 6.92 Å².